The summed E-state index contributed by atoms with van der Waals surface area (Å²) in [5.74, 6) is -1.12. The van der Waals surface area contributed by atoms with E-state index in [0.29, 0.717) is 0 Å². The van der Waals surface area contributed by atoms with E-state index in [1.165, 1.54) is 7.11 Å². The maximum absolute atomic E-state index is 13.6. The molecule has 0 amide bonds. The molecular formula is C10H13FN2O5S. The highest BCUT2D eigenvalue weighted by Gasteiger charge is 2.19. The third-order valence-electron chi connectivity index (χ3n) is 2.25. The van der Waals surface area contributed by atoms with Crippen LogP contribution in [0.1, 0.15) is 0 Å². The molecule has 0 atom stereocenters. The summed E-state index contributed by atoms with van der Waals surface area (Å²) in [4.78, 5) is 9.89. The van der Waals surface area contributed by atoms with Crippen molar-refractivity contribution in [3.05, 3.63) is 28.1 Å². The third kappa shape index (κ3) is 4.36. The summed E-state index contributed by atoms with van der Waals surface area (Å²) < 4.78 is 40.2. The highest BCUT2D eigenvalue weighted by Crippen LogP contribution is 2.32. The van der Waals surface area contributed by atoms with Crippen molar-refractivity contribution in [1.29, 1.82) is 0 Å². The number of anilines is 1. The smallest absolute Gasteiger partial charge is 0.313 e. The van der Waals surface area contributed by atoms with Crippen molar-refractivity contribution in [2.24, 2.45) is 0 Å². The van der Waals surface area contributed by atoms with Gasteiger partial charge in [-0.1, -0.05) is 0 Å². The van der Waals surface area contributed by atoms with Crippen LogP contribution in [-0.4, -0.2) is 39.0 Å². The number of sulfone groups is 1. The van der Waals surface area contributed by atoms with Gasteiger partial charge in [-0.15, -0.1) is 0 Å². The summed E-state index contributed by atoms with van der Waals surface area (Å²) in [6, 6.07) is 1.84. The first-order valence-corrected chi connectivity index (χ1v) is 7.24. The predicted molar refractivity (Wildman–Crippen MR) is 67.8 cm³/mol. The van der Waals surface area contributed by atoms with Crippen LogP contribution in [0.15, 0.2) is 12.1 Å². The Morgan fingerprint density at radius 3 is 2.58 bits per heavy atom. The SMILES string of the molecule is COc1cc(NCCS(C)(=O)=O)c(F)cc1[N+](=O)[O-]. The first-order valence-electron chi connectivity index (χ1n) is 5.18. The molecule has 0 aromatic heterocycles. The van der Waals surface area contributed by atoms with Crippen molar-refractivity contribution in [2.45, 2.75) is 0 Å². The number of methoxy groups -OCH3 is 1. The molecule has 1 aromatic carbocycles. The van der Waals surface area contributed by atoms with Crippen LogP contribution in [0, 0.1) is 15.9 Å². The zero-order valence-corrected chi connectivity index (χ0v) is 11.2. The van der Waals surface area contributed by atoms with E-state index in [1.807, 2.05) is 0 Å². The number of nitro groups is 1. The van der Waals surface area contributed by atoms with Crippen LogP contribution in [0.2, 0.25) is 0 Å². The molecule has 0 aliphatic rings. The fourth-order valence-electron chi connectivity index (χ4n) is 1.36. The monoisotopic (exact) mass is 292 g/mol. The van der Waals surface area contributed by atoms with E-state index in [0.717, 1.165) is 18.4 Å². The number of hydrogen-bond acceptors (Lipinski definition) is 6. The quantitative estimate of drug-likeness (QED) is 0.625. The average Bonchev–Trinajstić information content (AvgIpc) is 2.29. The van der Waals surface area contributed by atoms with Gasteiger partial charge in [0.2, 0.25) is 0 Å². The van der Waals surface area contributed by atoms with Gasteiger partial charge in [-0.3, -0.25) is 10.1 Å². The molecular weight excluding hydrogens is 279 g/mol. The molecule has 9 heteroatoms. The van der Waals surface area contributed by atoms with Crippen LogP contribution < -0.4 is 10.1 Å². The number of hydrogen-bond donors (Lipinski definition) is 1. The van der Waals surface area contributed by atoms with E-state index in [1.54, 1.807) is 0 Å². The van der Waals surface area contributed by atoms with Gasteiger partial charge in [-0.05, 0) is 0 Å². The molecule has 1 aromatic rings. The predicted octanol–water partition coefficient (Wildman–Crippen LogP) is 1.20. The van der Waals surface area contributed by atoms with Gasteiger partial charge in [-0.2, -0.15) is 0 Å². The number of rotatable bonds is 6. The molecule has 19 heavy (non-hydrogen) atoms. The van der Waals surface area contributed by atoms with Crippen LogP contribution in [0.3, 0.4) is 0 Å². The van der Waals surface area contributed by atoms with E-state index in [2.05, 4.69) is 5.32 Å². The molecule has 0 heterocycles. The molecule has 1 N–H and O–H groups in total. The van der Waals surface area contributed by atoms with Crippen molar-refractivity contribution in [3.8, 4) is 5.75 Å². The third-order valence-corrected chi connectivity index (χ3v) is 3.20. The molecule has 0 saturated carbocycles. The molecule has 0 fully saturated rings. The lowest BCUT2D eigenvalue weighted by atomic mass is 10.2. The van der Waals surface area contributed by atoms with Gasteiger partial charge in [0.25, 0.3) is 0 Å². The minimum Gasteiger partial charge on any atom is -0.490 e. The standard InChI is InChI=1S/C10H13FN2O5S/c1-18-10-6-8(12-3-4-19(2,16)17)7(11)5-9(10)13(14)15/h5-6,12H,3-4H2,1-2H3. The van der Waals surface area contributed by atoms with Crippen LogP contribution in [0.4, 0.5) is 15.8 Å². The lowest BCUT2D eigenvalue weighted by Crippen LogP contribution is -2.15. The number of nitrogens with zero attached hydrogens (tertiary/aromatic N) is 1. The molecule has 7 nitrogen and oxygen atoms in total. The molecule has 0 spiro atoms. The number of halogens is 1. The maximum Gasteiger partial charge on any atom is 0.313 e. The Kier molecular flexibility index (Phi) is 4.65. The first kappa shape index (κ1) is 15.2. The topological polar surface area (TPSA) is 98.5 Å². The second-order valence-electron chi connectivity index (χ2n) is 3.82. The lowest BCUT2D eigenvalue weighted by molar-refractivity contribution is -0.385. The molecule has 0 radical (unpaired) electrons. The molecule has 0 saturated heterocycles. The molecule has 1 rings (SSSR count). The van der Waals surface area contributed by atoms with Gasteiger partial charge in [0, 0.05) is 18.9 Å². The number of ether oxygens (including phenoxy) is 1. The fraction of sp³-hybridized carbons (Fsp3) is 0.400. The van der Waals surface area contributed by atoms with E-state index >= 15 is 0 Å². The Balaban J connectivity index is 2.94. The summed E-state index contributed by atoms with van der Waals surface area (Å²) in [6.07, 6.45) is 1.06. The lowest BCUT2D eigenvalue weighted by Gasteiger charge is -2.09. The number of nitrogens with one attached hydrogen (secondary N) is 1. The van der Waals surface area contributed by atoms with Gasteiger partial charge < -0.3 is 10.1 Å². The molecule has 106 valence electrons. The second kappa shape index (κ2) is 5.83. The first-order chi connectivity index (χ1) is 8.74. The Morgan fingerprint density at radius 1 is 1.47 bits per heavy atom. The second-order valence-corrected chi connectivity index (χ2v) is 6.08. The van der Waals surface area contributed by atoms with Crippen molar-refractivity contribution < 1.29 is 22.5 Å². The van der Waals surface area contributed by atoms with Gasteiger partial charge in [0.1, 0.15) is 9.84 Å². The summed E-state index contributed by atoms with van der Waals surface area (Å²) in [6.45, 7) is -0.00326. The number of benzene rings is 1. The molecule has 0 bridgehead atoms. The average molecular weight is 292 g/mol. The highest BCUT2D eigenvalue weighted by atomic mass is 32.2. The summed E-state index contributed by atoms with van der Waals surface area (Å²) in [7, 11) is -1.95. The van der Waals surface area contributed by atoms with E-state index in [-0.39, 0.29) is 23.7 Å². The fourth-order valence-corrected chi connectivity index (χ4v) is 1.83. The Morgan fingerprint density at radius 2 is 2.11 bits per heavy atom. The van der Waals surface area contributed by atoms with E-state index in [4.69, 9.17) is 4.74 Å². The normalized spacial score (nSPS) is 11.1. The number of nitro benzene ring substituents is 1. The van der Waals surface area contributed by atoms with Gasteiger partial charge in [-0.25, -0.2) is 12.8 Å². The Hall–Kier alpha value is -1.90. The van der Waals surface area contributed by atoms with E-state index < -0.39 is 26.3 Å². The molecule has 0 unspecified atom stereocenters. The zero-order valence-electron chi connectivity index (χ0n) is 10.3. The van der Waals surface area contributed by atoms with Crippen molar-refractivity contribution >= 4 is 21.2 Å². The summed E-state index contributed by atoms with van der Waals surface area (Å²) in [5.41, 5.74) is -0.542. The van der Waals surface area contributed by atoms with Crippen LogP contribution in [-0.2, 0) is 9.84 Å². The maximum atomic E-state index is 13.6. The molecule has 0 aliphatic heterocycles. The van der Waals surface area contributed by atoms with E-state index in [9.17, 15) is 22.9 Å². The largest absolute Gasteiger partial charge is 0.490 e. The van der Waals surface area contributed by atoms with Crippen LogP contribution in [0.25, 0.3) is 0 Å². The van der Waals surface area contributed by atoms with Crippen molar-refractivity contribution in [1.82, 2.24) is 0 Å². The van der Waals surface area contributed by atoms with Gasteiger partial charge in [0.05, 0.1) is 29.5 Å². The zero-order chi connectivity index (χ0) is 14.6. The summed E-state index contributed by atoms with van der Waals surface area (Å²) >= 11 is 0. The molecule has 0 aliphatic carbocycles. The van der Waals surface area contributed by atoms with Crippen LogP contribution >= 0.6 is 0 Å². The summed E-state index contributed by atoms with van der Waals surface area (Å²) in [5, 5.41) is 13.2. The Labute approximate surface area is 109 Å². The minimum atomic E-state index is -3.17. The van der Waals surface area contributed by atoms with Gasteiger partial charge >= 0.3 is 5.69 Å². The van der Waals surface area contributed by atoms with Crippen LogP contribution in [0.5, 0.6) is 5.75 Å². The van der Waals surface area contributed by atoms with Crippen molar-refractivity contribution in [3.63, 3.8) is 0 Å². The Bertz CT molecular complexity index is 588. The van der Waals surface area contributed by atoms with Crippen molar-refractivity contribution in [2.75, 3.05) is 31.0 Å². The highest BCUT2D eigenvalue weighted by molar-refractivity contribution is 7.90. The minimum absolute atomic E-state index is 0.00326. The van der Waals surface area contributed by atoms with Gasteiger partial charge in [0.15, 0.2) is 11.6 Å².